The van der Waals surface area contributed by atoms with E-state index < -0.39 is 17.3 Å². The highest BCUT2D eigenvalue weighted by atomic mass is 16.6. The molecule has 0 saturated heterocycles. The highest BCUT2D eigenvalue weighted by molar-refractivity contribution is 5.91. The summed E-state index contributed by atoms with van der Waals surface area (Å²) in [5.41, 5.74) is 0.594. The molecular weight excluding hydrogens is 520 g/mol. The summed E-state index contributed by atoms with van der Waals surface area (Å²) in [4.78, 5) is 37.6. The lowest BCUT2D eigenvalue weighted by Gasteiger charge is -2.30. The number of aryl methyl sites for hydroxylation is 1. The predicted octanol–water partition coefficient (Wildman–Crippen LogP) is 6.59. The van der Waals surface area contributed by atoms with Crippen molar-refractivity contribution in [3.8, 4) is 5.75 Å². The number of carbonyl (C=O) groups is 2. The molecule has 2 amide bonds. The van der Waals surface area contributed by atoms with Crippen LogP contribution in [0.4, 0.5) is 10.5 Å². The summed E-state index contributed by atoms with van der Waals surface area (Å²) in [6.45, 7) is 7.62. The Hall–Kier alpha value is -3.81. The molecule has 41 heavy (non-hydrogen) atoms. The number of carbonyl (C=O) groups excluding carboxylic acids is 2. The summed E-state index contributed by atoms with van der Waals surface area (Å²) in [6.07, 6.45) is 13.2. The fourth-order valence-electron chi connectivity index (χ4n) is 5.38. The molecule has 1 heterocycles. The molecule has 1 fully saturated rings. The van der Waals surface area contributed by atoms with Gasteiger partial charge in [0.25, 0.3) is 0 Å². The summed E-state index contributed by atoms with van der Waals surface area (Å²) in [6, 6.07) is 8.94. The van der Waals surface area contributed by atoms with Crippen molar-refractivity contribution in [1.29, 1.82) is 0 Å². The van der Waals surface area contributed by atoms with E-state index in [0.29, 0.717) is 17.9 Å². The fourth-order valence-corrected chi connectivity index (χ4v) is 5.38. The lowest BCUT2D eigenvalue weighted by molar-refractivity contribution is -0.116. The molecule has 3 N–H and O–H groups in total. The number of aromatic hydroxyl groups is 1. The number of hydrogen-bond acceptors (Lipinski definition) is 6. The maximum atomic E-state index is 13.3. The van der Waals surface area contributed by atoms with Crippen LogP contribution in [-0.2, 0) is 16.0 Å². The van der Waals surface area contributed by atoms with E-state index in [1.165, 1.54) is 0 Å². The Morgan fingerprint density at radius 3 is 2.61 bits per heavy atom. The summed E-state index contributed by atoms with van der Waals surface area (Å²) in [5.74, 6) is 0.0598. The van der Waals surface area contributed by atoms with Gasteiger partial charge in [-0.05, 0) is 81.9 Å². The van der Waals surface area contributed by atoms with Gasteiger partial charge in [-0.2, -0.15) is 0 Å². The molecule has 220 valence electrons. The second-order valence-electron chi connectivity index (χ2n) is 12.2. The molecule has 8 heteroatoms. The standard InChI is InChI=1S/C33H42N2O6/c1-5-33(16-7-6-8-17-33)18-14-25-21-26(36)29(30(38)40-25)28(22-12-13-22)23-10-9-11-24(20-23)35-27(37)15-19-34-31(39)41-32(2,3)4/h6-11,16,20-22,28,36H,5,12-15,17-19H2,1-4H3,(H,34,39)(H,35,37). The first-order valence-electron chi connectivity index (χ1n) is 14.6. The first-order valence-corrected chi connectivity index (χ1v) is 14.6. The lowest BCUT2D eigenvalue weighted by Crippen LogP contribution is -2.34. The van der Waals surface area contributed by atoms with Crippen LogP contribution in [0.2, 0.25) is 0 Å². The monoisotopic (exact) mass is 562 g/mol. The maximum Gasteiger partial charge on any atom is 0.407 e. The zero-order valence-corrected chi connectivity index (χ0v) is 24.5. The molecule has 0 radical (unpaired) electrons. The van der Waals surface area contributed by atoms with Gasteiger partial charge in [-0.1, -0.05) is 43.4 Å². The van der Waals surface area contributed by atoms with Gasteiger partial charge in [-0.25, -0.2) is 9.59 Å². The molecule has 2 unspecified atom stereocenters. The minimum atomic E-state index is -0.612. The zero-order valence-electron chi connectivity index (χ0n) is 24.5. The Bertz CT molecular complexity index is 1360. The van der Waals surface area contributed by atoms with Crippen LogP contribution in [0.5, 0.6) is 5.75 Å². The van der Waals surface area contributed by atoms with Gasteiger partial charge in [0.15, 0.2) is 0 Å². The Morgan fingerprint density at radius 1 is 1.20 bits per heavy atom. The molecule has 0 spiro atoms. The van der Waals surface area contributed by atoms with Crippen LogP contribution < -0.4 is 16.3 Å². The van der Waals surface area contributed by atoms with Crippen molar-refractivity contribution in [3.63, 3.8) is 0 Å². The lowest BCUT2D eigenvalue weighted by atomic mass is 9.75. The van der Waals surface area contributed by atoms with Crippen LogP contribution in [0, 0.1) is 11.3 Å². The number of ether oxygens (including phenoxy) is 1. The fraction of sp³-hybridized carbons (Fsp3) is 0.485. The van der Waals surface area contributed by atoms with Crippen LogP contribution >= 0.6 is 0 Å². The van der Waals surface area contributed by atoms with Crippen LogP contribution in [0.25, 0.3) is 0 Å². The molecule has 1 aromatic heterocycles. The van der Waals surface area contributed by atoms with Crippen molar-refractivity contribution in [3.05, 3.63) is 81.9 Å². The van der Waals surface area contributed by atoms with Gasteiger partial charge in [0.1, 0.15) is 17.1 Å². The third-order valence-corrected chi connectivity index (χ3v) is 7.77. The largest absolute Gasteiger partial charge is 0.507 e. The number of anilines is 1. The van der Waals surface area contributed by atoms with Crippen LogP contribution in [0.3, 0.4) is 0 Å². The molecule has 2 aromatic rings. The van der Waals surface area contributed by atoms with Crippen molar-refractivity contribution in [2.45, 2.75) is 84.2 Å². The third-order valence-electron chi connectivity index (χ3n) is 7.77. The van der Waals surface area contributed by atoms with Gasteiger partial charge < -0.3 is 24.9 Å². The molecule has 8 nitrogen and oxygen atoms in total. The summed E-state index contributed by atoms with van der Waals surface area (Å²) in [7, 11) is 0. The molecule has 0 aliphatic heterocycles. The van der Waals surface area contributed by atoms with Crippen LogP contribution in [0.1, 0.15) is 89.0 Å². The van der Waals surface area contributed by atoms with Gasteiger partial charge in [-0.3, -0.25) is 4.79 Å². The Morgan fingerprint density at radius 2 is 1.98 bits per heavy atom. The summed E-state index contributed by atoms with van der Waals surface area (Å²) < 4.78 is 11.0. The summed E-state index contributed by atoms with van der Waals surface area (Å²) >= 11 is 0. The number of amides is 2. The van der Waals surface area contributed by atoms with Crippen LogP contribution in [0.15, 0.2) is 63.8 Å². The second kappa shape index (κ2) is 12.8. The van der Waals surface area contributed by atoms with Gasteiger partial charge in [-0.15, -0.1) is 0 Å². The van der Waals surface area contributed by atoms with Crippen LogP contribution in [-0.4, -0.2) is 29.3 Å². The summed E-state index contributed by atoms with van der Waals surface area (Å²) in [5, 5.41) is 16.5. The highest BCUT2D eigenvalue weighted by Crippen LogP contribution is 2.48. The molecule has 4 rings (SSSR count). The van der Waals surface area contributed by atoms with E-state index in [9.17, 15) is 19.5 Å². The Balaban J connectivity index is 1.44. The minimum Gasteiger partial charge on any atom is -0.507 e. The molecule has 2 atom stereocenters. The molecule has 1 aromatic carbocycles. The van der Waals surface area contributed by atoms with Crippen molar-refractivity contribution in [1.82, 2.24) is 5.32 Å². The number of rotatable bonds is 11. The van der Waals surface area contributed by atoms with Crippen molar-refractivity contribution >= 4 is 17.7 Å². The first-order chi connectivity index (χ1) is 19.5. The highest BCUT2D eigenvalue weighted by Gasteiger charge is 2.37. The molecular formula is C33H42N2O6. The quantitative estimate of drug-likeness (QED) is 0.285. The van der Waals surface area contributed by atoms with Crippen molar-refractivity contribution < 1.29 is 23.8 Å². The van der Waals surface area contributed by atoms with E-state index in [0.717, 1.165) is 37.7 Å². The zero-order chi connectivity index (χ0) is 29.6. The van der Waals surface area contributed by atoms with Gasteiger partial charge in [0.05, 0.1) is 5.56 Å². The van der Waals surface area contributed by atoms with Crippen molar-refractivity contribution in [2.75, 3.05) is 11.9 Å². The average Bonchev–Trinajstić information content (AvgIpc) is 3.74. The SMILES string of the molecule is CCC1(CCc2cc(O)c(C(c3cccc(NC(=O)CCNC(=O)OC(C)(C)C)c3)C3CC3)c(=O)o2)C=CC=CC1. The second-order valence-corrected chi connectivity index (χ2v) is 12.2. The van der Waals surface area contributed by atoms with Crippen molar-refractivity contribution in [2.24, 2.45) is 11.3 Å². The third kappa shape index (κ3) is 8.35. The molecule has 2 aliphatic rings. The number of allylic oxidation sites excluding steroid dienone is 4. The van der Waals surface area contributed by atoms with Gasteiger partial charge >= 0.3 is 11.7 Å². The number of benzene rings is 1. The van der Waals surface area contributed by atoms with E-state index in [-0.39, 0.29) is 47.4 Å². The molecule has 0 bridgehead atoms. The predicted molar refractivity (Wildman–Crippen MR) is 159 cm³/mol. The Kier molecular flexibility index (Phi) is 9.41. The number of nitrogens with one attached hydrogen (secondary N) is 2. The maximum absolute atomic E-state index is 13.3. The minimum absolute atomic E-state index is 0.0365. The van der Waals surface area contributed by atoms with Gasteiger partial charge in [0.2, 0.25) is 5.91 Å². The van der Waals surface area contributed by atoms with Gasteiger partial charge in [0, 0.05) is 37.1 Å². The van der Waals surface area contributed by atoms with E-state index in [4.69, 9.17) is 9.15 Å². The number of alkyl carbamates (subject to hydrolysis) is 1. The smallest absolute Gasteiger partial charge is 0.407 e. The van der Waals surface area contributed by atoms with E-state index in [1.807, 2.05) is 18.2 Å². The normalized spacial score (nSPS) is 19.0. The van der Waals surface area contributed by atoms with E-state index in [1.54, 1.807) is 32.9 Å². The van der Waals surface area contributed by atoms with E-state index >= 15 is 0 Å². The molecule has 2 aliphatic carbocycles. The average molecular weight is 563 g/mol. The first kappa shape index (κ1) is 30.2. The number of hydrogen-bond donors (Lipinski definition) is 3. The Labute approximate surface area is 241 Å². The topological polar surface area (TPSA) is 118 Å². The van der Waals surface area contributed by atoms with E-state index in [2.05, 4.69) is 41.9 Å². The molecule has 1 saturated carbocycles.